The van der Waals surface area contributed by atoms with E-state index in [0.717, 1.165) is 22.3 Å². The molecule has 1 aromatic heterocycles. The Bertz CT molecular complexity index is 487. The first-order valence-electron chi connectivity index (χ1n) is 4.36. The molecule has 72 valence electrons. The van der Waals surface area contributed by atoms with Crippen LogP contribution in [-0.2, 0) is 11.8 Å². The van der Waals surface area contributed by atoms with E-state index in [1.165, 1.54) is 0 Å². The van der Waals surface area contributed by atoms with Crippen molar-refractivity contribution < 1.29 is 4.79 Å². The summed E-state index contributed by atoms with van der Waals surface area (Å²) in [6, 6.07) is 5.66. The van der Waals surface area contributed by atoms with Gasteiger partial charge >= 0.3 is 0 Å². The van der Waals surface area contributed by atoms with Crippen molar-refractivity contribution in [2.45, 2.75) is 6.92 Å². The second-order valence-electron chi connectivity index (χ2n) is 3.20. The lowest BCUT2D eigenvalue weighted by Crippen LogP contribution is -1.92. The lowest BCUT2D eigenvalue weighted by Gasteiger charge is -1.97. The summed E-state index contributed by atoms with van der Waals surface area (Å²) in [6.07, 6.45) is 0.673. The fraction of sp³-hybridized carbons (Fsp3) is 0.200. The van der Waals surface area contributed by atoms with E-state index >= 15 is 0 Å². The van der Waals surface area contributed by atoms with E-state index in [0.29, 0.717) is 6.41 Å². The summed E-state index contributed by atoms with van der Waals surface area (Å²) in [4.78, 5) is 10.3. The Morgan fingerprint density at radius 1 is 1.50 bits per heavy atom. The zero-order valence-electron chi connectivity index (χ0n) is 8.11. The molecule has 2 rings (SSSR count). The van der Waals surface area contributed by atoms with Crippen LogP contribution < -0.4 is 5.32 Å². The zero-order chi connectivity index (χ0) is 10.1. The topological polar surface area (TPSA) is 46.9 Å². The van der Waals surface area contributed by atoms with Crippen LogP contribution in [0.4, 0.5) is 5.69 Å². The Balaban J connectivity index is 2.63. The summed E-state index contributed by atoms with van der Waals surface area (Å²) in [6.45, 7) is 2.00. The van der Waals surface area contributed by atoms with Gasteiger partial charge in [-0.2, -0.15) is 5.10 Å². The summed E-state index contributed by atoms with van der Waals surface area (Å²) < 4.78 is 1.83. The van der Waals surface area contributed by atoms with E-state index in [-0.39, 0.29) is 0 Å². The standard InChI is InChI=1S/C10H11N3O/c1-7-9-5-8(11-6-14)3-4-10(9)12-13(7)2/h3-6H,1-2H3,(H,11,14). The third kappa shape index (κ3) is 1.25. The Morgan fingerprint density at radius 3 is 3.00 bits per heavy atom. The molecule has 0 aliphatic rings. The van der Waals surface area contributed by atoms with E-state index in [1.54, 1.807) is 0 Å². The predicted octanol–water partition coefficient (Wildman–Crippen LogP) is 1.45. The highest BCUT2D eigenvalue weighted by Crippen LogP contribution is 2.20. The molecule has 0 bridgehead atoms. The SMILES string of the molecule is Cc1c2cc(NC=O)ccc2nn1C. The van der Waals surface area contributed by atoms with Crippen LogP contribution in [0.3, 0.4) is 0 Å². The highest BCUT2D eigenvalue weighted by atomic mass is 16.1. The fourth-order valence-electron chi connectivity index (χ4n) is 1.48. The van der Waals surface area contributed by atoms with E-state index in [1.807, 2.05) is 36.9 Å². The van der Waals surface area contributed by atoms with Crippen molar-refractivity contribution in [3.05, 3.63) is 23.9 Å². The van der Waals surface area contributed by atoms with Gasteiger partial charge in [-0.25, -0.2) is 0 Å². The van der Waals surface area contributed by atoms with Gasteiger partial charge in [0.15, 0.2) is 0 Å². The molecular weight excluding hydrogens is 178 g/mol. The van der Waals surface area contributed by atoms with Crippen LogP contribution in [0.5, 0.6) is 0 Å². The number of hydrogen-bond donors (Lipinski definition) is 1. The Morgan fingerprint density at radius 2 is 2.29 bits per heavy atom. The van der Waals surface area contributed by atoms with E-state index in [2.05, 4.69) is 10.4 Å². The Labute approximate surface area is 81.5 Å². The first-order chi connectivity index (χ1) is 6.72. The number of carbonyl (C=O) groups is 1. The lowest BCUT2D eigenvalue weighted by molar-refractivity contribution is -0.105. The first-order valence-corrected chi connectivity index (χ1v) is 4.36. The largest absolute Gasteiger partial charge is 0.329 e. The Kier molecular flexibility index (Phi) is 1.96. The molecule has 0 fully saturated rings. The second kappa shape index (κ2) is 3.14. The molecule has 1 aromatic carbocycles. The fourth-order valence-corrected chi connectivity index (χ4v) is 1.48. The molecule has 0 saturated heterocycles. The number of carbonyl (C=O) groups excluding carboxylic acids is 1. The van der Waals surface area contributed by atoms with E-state index in [9.17, 15) is 4.79 Å². The van der Waals surface area contributed by atoms with Gasteiger partial charge in [0.2, 0.25) is 6.41 Å². The molecule has 1 heterocycles. The third-order valence-electron chi connectivity index (χ3n) is 2.36. The van der Waals surface area contributed by atoms with Crippen LogP contribution in [0, 0.1) is 6.92 Å². The highest BCUT2D eigenvalue weighted by Gasteiger charge is 2.04. The van der Waals surface area contributed by atoms with Gasteiger partial charge in [-0.1, -0.05) is 0 Å². The number of aryl methyl sites for hydroxylation is 2. The highest BCUT2D eigenvalue weighted by molar-refractivity contribution is 5.87. The van der Waals surface area contributed by atoms with Crippen molar-refractivity contribution in [1.82, 2.24) is 9.78 Å². The van der Waals surface area contributed by atoms with Crippen LogP contribution in [0.2, 0.25) is 0 Å². The molecule has 0 atom stereocenters. The number of aromatic nitrogens is 2. The quantitative estimate of drug-likeness (QED) is 0.727. The van der Waals surface area contributed by atoms with Gasteiger partial charge in [0.1, 0.15) is 0 Å². The van der Waals surface area contributed by atoms with E-state index in [4.69, 9.17) is 0 Å². The average Bonchev–Trinajstić information content (AvgIpc) is 2.45. The molecular formula is C10H11N3O. The summed E-state index contributed by atoms with van der Waals surface area (Å²) in [5.74, 6) is 0. The molecule has 0 unspecified atom stereocenters. The van der Waals surface area contributed by atoms with Gasteiger partial charge in [-0.3, -0.25) is 9.48 Å². The molecule has 0 spiro atoms. The van der Waals surface area contributed by atoms with Crippen LogP contribution in [0.25, 0.3) is 10.9 Å². The first kappa shape index (κ1) is 8.74. The van der Waals surface area contributed by atoms with Crippen molar-refractivity contribution in [3.63, 3.8) is 0 Å². The van der Waals surface area contributed by atoms with Crippen molar-refractivity contribution in [3.8, 4) is 0 Å². The third-order valence-corrected chi connectivity index (χ3v) is 2.36. The minimum Gasteiger partial charge on any atom is -0.329 e. The van der Waals surface area contributed by atoms with Gasteiger partial charge in [-0.15, -0.1) is 0 Å². The molecule has 0 saturated carbocycles. The molecule has 2 aromatic rings. The van der Waals surface area contributed by atoms with Gasteiger partial charge in [0.25, 0.3) is 0 Å². The number of rotatable bonds is 2. The number of anilines is 1. The maximum atomic E-state index is 10.3. The van der Waals surface area contributed by atoms with Crippen LogP contribution in [-0.4, -0.2) is 16.2 Å². The number of hydrogen-bond acceptors (Lipinski definition) is 2. The number of fused-ring (bicyclic) bond motifs is 1. The maximum absolute atomic E-state index is 10.3. The van der Waals surface area contributed by atoms with Gasteiger partial charge in [0, 0.05) is 23.8 Å². The van der Waals surface area contributed by atoms with Gasteiger partial charge < -0.3 is 5.32 Å². The average molecular weight is 189 g/mol. The van der Waals surface area contributed by atoms with Crippen LogP contribution >= 0.6 is 0 Å². The molecule has 4 nitrogen and oxygen atoms in total. The second-order valence-corrected chi connectivity index (χ2v) is 3.20. The van der Waals surface area contributed by atoms with Crippen LogP contribution in [0.15, 0.2) is 18.2 Å². The molecule has 0 aliphatic heterocycles. The van der Waals surface area contributed by atoms with Crippen molar-refractivity contribution in [2.24, 2.45) is 7.05 Å². The summed E-state index contributed by atoms with van der Waals surface area (Å²) in [5.41, 5.74) is 2.83. The number of benzene rings is 1. The summed E-state index contributed by atoms with van der Waals surface area (Å²) >= 11 is 0. The summed E-state index contributed by atoms with van der Waals surface area (Å²) in [7, 11) is 1.90. The van der Waals surface area contributed by atoms with Crippen molar-refractivity contribution in [1.29, 1.82) is 0 Å². The smallest absolute Gasteiger partial charge is 0.211 e. The predicted molar refractivity (Wildman–Crippen MR) is 55.1 cm³/mol. The number of nitrogens with one attached hydrogen (secondary N) is 1. The van der Waals surface area contributed by atoms with Gasteiger partial charge in [-0.05, 0) is 25.1 Å². The normalized spacial score (nSPS) is 10.4. The minimum absolute atomic E-state index is 0.673. The molecule has 0 aliphatic carbocycles. The monoisotopic (exact) mass is 189 g/mol. The molecule has 4 heteroatoms. The Hall–Kier alpha value is -1.84. The maximum Gasteiger partial charge on any atom is 0.211 e. The van der Waals surface area contributed by atoms with Crippen LogP contribution in [0.1, 0.15) is 5.69 Å². The molecule has 0 radical (unpaired) electrons. The summed E-state index contributed by atoms with van der Waals surface area (Å²) in [5, 5.41) is 8.00. The zero-order valence-corrected chi connectivity index (χ0v) is 8.11. The molecule has 1 N–H and O–H groups in total. The van der Waals surface area contributed by atoms with Gasteiger partial charge in [0.05, 0.1) is 5.52 Å². The lowest BCUT2D eigenvalue weighted by atomic mass is 10.2. The van der Waals surface area contributed by atoms with E-state index < -0.39 is 0 Å². The molecule has 14 heavy (non-hydrogen) atoms. The van der Waals surface area contributed by atoms with Crippen molar-refractivity contribution >= 4 is 23.0 Å². The minimum atomic E-state index is 0.673. The number of amides is 1. The number of nitrogens with zero attached hydrogens (tertiary/aromatic N) is 2. The van der Waals surface area contributed by atoms with Crippen molar-refractivity contribution in [2.75, 3.05) is 5.32 Å². The molecule has 1 amide bonds.